The zero-order valence-corrected chi connectivity index (χ0v) is 9.85. The lowest BCUT2D eigenvalue weighted by molar-refractivity contribution is 0.101. The van der Waals surface area contributed by atoms with E-state index >= 15 is 0 Å². The van der Waals surface area contributed by atoms with E-state index in [1.807, 2.05) is 24.4 Å². The third-order valence-corrected chi connectivity index (χ3v) is 3.42. The maximum absolute atomic E-state index is 11.6. The van der Waals surface area contributed by atoms with Crippen LogP contribution in [0.1, 0.15) is 29.7 Å². The van der Waals surface area contributed by atoms with Gasteiger partial charge in [-0.05, 0) is 19.4 Å². The number of hydrogen-bond acceptors (Lipinski definition) is 2. The van der Waals surface area contributed by atoms with Gasteiger partial charge >= 0.3 is 0 Å². The average molecular weight is 229 g/mol. The fourth-order valence-electron chi connectivity index (χ4n) is 2.53. The summed E-state index contributed by atoms with van der Waals surface area (Å²) in [6.07, 6.45) is 3.00. The molecule has 1 aromatic heterocycles. The van der Waals surface area contributed by atoms with Crippen molar-refractivity contribution < 1.29 is 9.53 Å². The number of benzene rings is 1. The normalized spacial score (nSPS) is 19.9. The first-order valence-corrected chi connectivity index (χ1v) is 5.95. The molecule has 3 nitrogen and oxygen atoms in total. The van der Waals surface area contributed by atoms with Crippen LogP contribution in [-0.2, 0) is 4.74 Å². The van der Waals surface area contributed by atoms with Crippen LogP contribution in [0.3, 0.4) is 0 Å². The second-order valence-electron chi connectivity index (χ2n) is 4.54. The van der Waals surface area contributed by atoms with Crippen LogP contribution in [0.4, 0.5) is 0 Å². The van der Waals surface area contributed by atoms with E-state index in [1.165, 1.54) is 0 Å². The summed E-state index contributed by atoms with van der Waals surface area (Å²) in [4.78, 5) is 11.6. The Morgan fingerprint density at radius 1 is 1.41 bits per heavy atom. The number of ketones is 1. The molecule has 0 N–H and O–H groups in total. The van der Waals surface area contributed by atoms with Crippen molar-refractivity contribution in [1.82, 2.24) is 4.57 Å². The van der Waals surface area contributed by atoms with Gasteiger partial charge in [-0.15, -0.1) is 0 Å². The molecule has 1 aliphatic rings. The lowest BCUT2D eigenvalue weighted by atomic mass is 10.1. The number of fused-ring (bicyclic) bond motifs is 1. The number of aromatic nitrogens is 1. The molecule has 1 aliphatic heterocycles. The van der Waals surface area contributed by atoms with Gasteiger partial charge < -0.3 is 9.30 Å². The predicted octanol–water partition coefficient (Wildman–Crippen LogP) is 2.81. The van der Waals surface area contributed by atoms with Gasteiger partial charge in [-0.2, -0.15) is 0 Å². The van der Waals surface area contributed by atoms with Crippen LogP contribution in [0.2, 0.25) is 0 Å². The minimum absolute atomic E-state index is 0.124. The second kappa shape index (κ2) is 4.00. The van der Waals surface area contributed by atoms with Crippen molar-refractivity contribution in [2.45, 2.75) is 19.4 Å². The first-order chi connectivity index (χ1) is 8.27. The van der Waals surface area contributed by atoms with Crippen molar-refractivity contribution in [2.75, 3.05) is 13.2 Å². The molecule has 1 atom stereocenters. The molecule has 2 heterocycles. The van der Waals surface area contributed by atoms with Crippen molar-refractivity contribution >= 4 is 16.7 Å². The molecule has 0 bridgehead atoms. The monoisotopic (exact) mass is 229 g/mol. The maximum Gasteiger partial charge on any atom is 0.161 e. The quantitative estimate of drug-likeness (QED) is 0.741. The third-order valence-electron chi connectivity index (χ3n) is 3.42. The van der Waals surface area contributed by atoms with Gasteiger partial charge in [0.05, 0.1) is 12.6 Å². The highest BCUT2D eigenvalue weighted by Crippen LogP contribution is 2.28. The van der Waals surface area contributed by atoms with Crippen LogP contribution in [0, 0.1) is 0 Å². The molecule has 0 amide bonds. The Morgan fingerprint density at radius 3 is 2.94 bits per heavy atom. The molecule has 88 valence electrons. The summed E-state index contributed by atoms with van der Waals surface area (Å²) in [7, 11) is 0. The number of carbonyl (C=O) groups excluding carboxylic acids is 1. The Hall–Kier alpha value is -1.61. The summed E-state index contributed by atoms with van der Waals surface area (Å²) < 4.78 is 7.62. The molecule has 0 spiro atoms. The highest BCUT2D eigenvalue weighted by atomic mass is 16.5. The second-order valence-corrected chi connectivity index (χ2v) is 4.54. The van der Waals surface area contributed by atoms with E-state index in [-0.39, 0.29) is 5.78 Å². The molecule has 0 aliphatic carbocycles. The van der Waals surface area contributed by atoms with Crippen LogP contribution >= 0.6 is 0 Å². The summed E-state index contributed by atoms with van der Waals surface area (Å²) >= 11 is 0. The largest absolute Gasteiger partial charge is 0.379 e. The van der Waals surface area contributed by atoms with E-state index in [0.29, 0.717) is 6.04 Å². The Balaban J connectivity index is 2.20. The minimum Gasteiger partial charge on any atom is -0.379 e. The van der Waals surface area contributed by atoms with Crippen molar-refractivity contribution in [2.24, 2.45) is 0 Å². The van der Waals surface area contributed by atoms with Crippen molar-refractivity contribution in [3.8, 4) is 0 Å². The molecule has 3 rings (SSSR count). The van der Waals surface area contributed by atoms with Crippen LogP contribution in [-0.4, -0.2) is 23.6 Å². The van der Waals surface area contributed by atoms with Gasteiger partial charge in [-0.1, -0.05) is 18.2 Å². The maximum atomic E-state index is 11.6. The first-order valence-electron chi connectivity index (χ1n) is 5.95. The molecule has 3 heteroatoms. The lowest BCUT2D eigenvalue weighted by Crippen LogP contribution is -2.07. The topological polar surface area (TPSA) is 31.2 Å². The number of hydrogen-bond donors (Lipinski definition) is 0. The Morgan fingerprint density at radius 2 is 2.24 bits per heavy atom. The zero-order chi connectivity index (χ0) is 11.8. The fraction of sp³-hybridized carbons (Fsp3) is 0.357. The van der Waals surface area contributed by atoms with Gasteiger partial charge in [0.25, 0.3) is 0 Å². The highest BCUT2D eigenvalue weighted by molar-refractivity contribution is 6.07. The van der Waals surface area contributed by atoms with E-state index in [1.54, 1.807) is 6.92 Å². The third kappa shape index (κ3) is 1.67. The fourth-order valence-corrected chi connectivity index (χ4v) is 2.53. The number of para-hydroxylation sites is 1. The van der Waals surface area contributed by atoms with E-state index in [4.69, 9.17) is 4.74 Å². The standard InChI is InChI=1S/C14H15NO2/c1-10(16)13-8-15(11-6-7-17-9-11)14-5-3-2-4-12(13)14/h2-5,8,11H,6-7,9H2,1H3/t11-/m1/s1. The molecular weight excluding hydrogens is 214 g/mol. The number of nitrogens with zero attached hydrogens (tertiary/aromatic N) is 1. The summed E-state index contributed by atoms with van der Waals surface area (Å²) in [5.74, 6) is 0.124. The van der Waals surface area contributed by atoms with E-state index in [9.17, 15) is 4.79 Å². The van der Waals surface area contributed by atoms with Crippen LogP contribution in [0.5, 0.6) is 0 Å². The van der Waals surface area contributed by atoms with E-state index in [2.05, 4.69) is 10.6 Å². The van der Waals surface area contributed by atoms with Crippen molar-refractivity contribution in [1.29, 1.82) is 0 Å². The number of Topliss-reactive ketones (excluding diaryl/α,β-unsaturated/α-hetero) is 1. The summed E-state index contributed by atoms with van der Waals surface area (Å²) in [6.45, 7) is 3.18. The Kier molecular flexibility index (Phi) is 2.48. The van der Waals surface area contributed by atoms with Crippen molar-refractivity contribution in [3.05, 3.63) is 36.0 Å². The Bertz CT molecular complexity index is 565. The molecule has 2 aromatic rings. The molecule has 1 fully saturated rings. The summed E-state index contributed by atoms with van der Waals surface area (Å²) in [5, 5.41) is 1.05. The van der Waals surface area contributed by atoms with Gasteiger partial charge in [0, 0.05) is 29.3 Å². The number of carbonyl (C=O) groups is 1. The predicted molar refractivity (Wildman–Crippen MR) is 66.4 cm³/mol. The molecule has 0 unspecified atom stereocenters. The van der Waals surface area contributed by atoms with Crippen molar-refractivity contribution in [3.63, 3.8) is 0 Å². The van der Waals surface area contributed by atoms with Gasteiger partial charge in [0.15, 0.2) is 5.78 Å². The molecular formula is C14H15NO2. The van der Waals surface area contributed by atoms with E-state index in [0.717, 1.165) is 36.1 Å². The van der Waals surface area contributed by atoms with Gasteiger partial charge in [0.2, 0.25) is 0 Å². The van der Waals surface area contributed by atoms with Gasteiger partial charge in [-0.3, -0.25) is 4.79 Å². The molecule has 1 saturated heterocycles. The summed E-state index contributed by atoms with van der Waals surface area (Å²) in [6, 6.07) is 8.44. The van der Waals surface area contributed by atoms with E-state index < -0.39 is 0 Å². The van der Waals surface area contributed by atoms with Gasteiger partial charge in [0.1, 0.15) is 0 Å². The minimum atomic E-state index is 0.124. The molecule has 0 radical (unpaired) electrons. The molecule has 17 heavy (non-hydrogen) atoms. The zero-order valence-electron chi connectivity index (χ0n) is 9.85. The highest BCUT2D eigenvalue weighted by Gasteiger charge is 2.21. The summed E-state index contributed by atoms with van der Waals surface area (Å²) in [5.41, 5.74) is 1.95. The van der Waals surface area contributed by atoms with Crippen LogP contribution in [0.15, 0.2) is 30.5 Å². The smallest absolute Gasteiger partial charge is 0.161 e. The first kappa shape index (κ1) is 10.5. The SMILES string of the molecule is CC(=O)c1cn([C@@H]2CCOC2)c2ccccc12. The Labute approximate surface area is 100.0 Å². The average Bonchev–Trinajstić information content (AvgIpc) is 2.95. The number of ether oxygens (including phenoxy) is 1. The van der Waals surface area contributed by atoms with Gasteiger partial charge in [-0.25, -0.2) is 0 Å². The van der Waals surface area contributed by atoms with Crippen LogP contribution < -0.4 is 0 Å². The lowest BCUT2D eigenvalue weighted by Gasteiger charge is -2.11. The van der Waals surface area contributed by atoms with Crippen LogP contribution in [0.25, 0.3) is 10.9 Å². The molecule has 1 aromatic carbocycles. The number of rotatable bonds is 2. The molecule has 0 saturated carbocycles.